The number of nitrogens with zero attached hydrogens (tertiary/aromatic N) is 1. The molecule has 0 aromatic heterocycles. The van der Waals surface area contributed by atoms with Gasteiger partial charge in [0, 0.05) is 11.3 Å². The number of ether oxygens (including phenoxy) is 1. The summed E-state index contributed by atoms with van der Waals surface area (Å²) in [5.74, 6) is -0.703. The van der Waals surface area contributed by atoms with Gasteiger partial charge in [0.25, 0.3) is 11.7 Å². The minimum Gasteiger partial charge on any atom is -0.507 e. The lowest BCUT2D eigenvalue weighted by Crippen LogP contribution is -2.29. The average molecular weight is 442 g/mol. The van der Waals surface area contributed by atoms with Crippen molar-refractivity contribution >= 4 is 23.1 Å². The Morgan fingerprint density at radius 3 is 2.24 bits per heavy atom. The van der Waals surface area contributed by atoms with Crippen LogP contribution in [0, 0.1) is 6.92 Å². The van der Waals surface area contributed by atoms with E-state index >= 15 is 0 Å². The predicted molar refractivity (Wildman–Crippen MR) is 129 cm³/mol. The first-order chi connectivity index (χ1) is 15.8. The summed E-state index contributed by atoms with van der Waals surface area (Å²) >= 11 is 0. The molecule has 0 aliphatic carbocycles. The van der Waals surface area contributed by atoms with Crippen LogP contribution in [0.1, 0.15) is 48.1 Å². The number of ketones is 1. The number of carbonyl (C=O) groups is 2. The number of aliphatic hydroxyl groups is 1. The van der Waals surface area contributed by atoms with Crippen molar-refractivity contribution in [2.75, 3.05) is 12.0 Å². The van der Waals surface area contributed by atoms with E-state index in [0.717, 1.165) is 16.7 Å². The molecule has 33 heavy (non-hydrogen) atoms. The van der Waals surface area contributed by atoms with E-state index in [9.17, 15) is 14.7 Å². The molecule has 0 saturated carbocycles. The summed E-state index contributed by atoms with van der Waals surface area (Å²) in [6.45, 7) is 6.02. The molecule has 1 atom stereocenters. The standard InChI is InChI=1S/C28H27NO4/c1-17(2)22-16-20(12-15-23(22)33-4)26(30)24-25(19-8-6-5-7-9-19)29(28(32)27(24)31)21-13-10-18(3)11-14-21/h5-17,25,30H,1-4H3/b26-24-. The Balaban J connectivity index is 1.93. The number of methoxy groups -OCH3 is 1. The van der Waals surface area contributed by atoms with E-state index in [4.69, 9.17) is 4.74 Å². The molecule has 3 aromatic rings. The average Bonchev–Trinajstić information content (AvgIpc) is 3.09. The van der Waals surface area contributed by atoms with Crippen molar-refractivity contribution in [3.8, 4) is 5.75 Å². The maximum atomic E-state index is 13.3. The first-order valence-corrected chi connectivity index (χ1v) is 10.9. The molecular weight excluding hydrogens is 414 g/mol. The van der Waals surface area contributed by atoms with Gasteiger partial charge in [-0.1, -0.05) is 61.9 Å². The van der Waals surface area contributed by atoms with Crippen LogP contribution in [0.25, 0.3) is 5.76 Å². The fraction of sp³-hybridized carbons (Fsp3) is 0.214. The van der Waals surface area contributed by atoms with Crippen LogP contribution in [0.4, 0.5) is 5.69 Å². The van der Waals surface area contributed by atoms with Crippen LogP contribution >= 0.6 is 0 Å². The number of amides is 1. The number of anilines is 1. The third-order valence-electron chi connectivity index (χ3n) is 6.00. The Bertz CT molecular complexity index is 1230. The molecule has 1 saturated heterocycles. The number of benzene rings is 3. The number of hydrogen-bond donors (Lipinski definition) is 1. The lowest BCUT2D eigenvalue weighted by atomic mass is 9.93. The molecular formula is C28H27NO4. The monoisotopic (exact) mass is 441 g/mol. The van der Waals surface area contributed by atoms with Gasteiger partial charge in [-0.25, -0.2) is 0 Å². The van der Waals surface area contributed by atoms with Crippen molar-refractivity contribution in [1.29, 1.82) is 0 Å². The first kappa shape index (κ1) is 22.3. The summed E-state index contributed by atoms with van der Waals surface area (Å²) in [5, 5.41) is 11.4. The lowest BCUT2D eigenvalue weighted by Gasteiger charge is -2.25. The highest BCUT2D eigenvalue weighted by Gasteiger charge is 2.46. The molecule has 3 aromatic carbocycles. The normalized spacial score (nSPS) is 17.6. The fourth-order valence-corrected chi connectivity index (χ4v) is 4.24. The van der Waals surface area contributed by atoms with Crippen molar-refractivity contribution in [2.24, 2.45) is 0 Å². The summed E-state index contributed by atoms with van der Waals surface area (Å²) < 4.78 is 5.45. The van der Waals surface area contributed by atoms with Gasteiger partial charge < -0.3 is 9.84 Å². The molecule has 1 aliphatic heterocycles. The zero-order valence-electron chi connectivity index (χ0n) is 19.2. The fourth-order valence-electron chi connectivity index (χ4n) is 4.24. The Labute approximate surface area is 193 Å². The van der Waals surface area contributed by atoms with E-state index in [1.807, 2.05) is 81.4 Å². The topological polar surface area (TPSA) is 66.8 Å². The second-order valence-electron chi connectivity index (χ2n) is 8.53. The number of carbonyl (C=O) groups excluding carboxylic acids is 2. The van der Waals surface area contributed by atoms with Gasteiger partial charge >= 0.3 is 0 Å². The Hall–Kier alpha value is -3.86. The minimum absolute atomic E-state index is 0.0756. The second-order valence-corrected chi connectivity index (χ2v) is 8.53. The molecule has 1 fully saturated rings. The van der Waals surface area contributed by atoms with E-state index in [1.54, 1.807) is 19.2 Å². The molecule has 0 spiro atoms. The van der Waals surface area contributed by atoms with Gasteiger partial charge in [0.1, 0.15) is 11.5 Å². The Kier molecular flexibility index (Phi) is 6.05. The van der Waals surface area contributed by atoms with E-state index in [-0.39, 0.29) is 17.3 Å². The summed E-state index contributed by atoms with van der Waals surface area (Å²) in [6, 6.07) is 21.3. The predicted octanol–water partition coefficient (Wildman–Crippen LogP) is 5.75. The van der Waals surface area contributed by atoms with Gasteiger partial charge in [0.15, 0.2) is 0 Å². The third-order valence-corrected chi connectivity index (χ3v) is 6.00. The van der Waals surface area contributed by atoms with E-state index in [0.29, 0.717) is 17.0 Å². The van der Waals surface area contributed by atoms with Gasteiger partial charge in [-0.3, -0.25) is 14.5 Å². The molecule has 168 valence electrons. The highest BCUT2D eigenvalue weighted by atomic mass is 16.5. The van der Waals surface area contributed by atoms with Gasteiger partial charge in [-0.2, -0.15) is 0 Å². The zero-order valence-corrected chi connectivity index (χ0v) is 19.2. The maximum absolute atomic E-state index is 13.3. The Morgan fingerprint density at radius 1 is 0.970 bits per heavy atom. The summed E-state index contributed by atoms with van der Waals surface area (Å²) in [5.41, 5.74) is 3.86. The molecule has 0 radical (unpaired) electrons. The van der Waals surface area contributed by atoms with E-state index in [2.05, 4.69) is 0 Å². The van der Waals surface area contributed by atoms with Crippen LogP contribution in [0.2, 0.25) is 0 Å². The molecule has 1 unspecified atom stereocenters. The van der Waals surface area contributed by atoms with Crippen LogP contribution < -0.4 is 9.64 Å². The lowest BCUT2D eigenvalue weighted by molar-refractivity contribution is -0.132. The quantitative estimate of drug-likeness (QED) is 0.311. The largest absolute Gasteiger partial charge is 0.507 e. The molecule has 1 heterocycles. The van der Waals surface area contributed by atoms with Crippen LogP contribution in [0.5, 0.6) is 5.75 Å². The number of Topliss-reactive ketones (excluding diaryl/α,β-unsaturated/α-hetero) is 1. The van der Waals surface area contributed by atoms with Crippen LogP contribution in [0.3, 0.4) is 0 Å². The van der Waals surface area contributed by atoms with E-state index in [1.165, 1.54) is 4.90 Å². The molecule has 5 nitrogen and oxygen atoms in total. The highest BCUT2D eigenvalue weighted by molar-refractivity contribution is 6.51. The SMILES string of the molecule is COc1ccc(/C(O)=C2/C(=O)C(=O)N(c3ccc(C)cc3)C2c2ccccc2)cc1C(C)C. The smallest absolute Gasteiger partial charge is 0.300 e. The first-order valence-electron chi connectivity index (χ1n) is 10.9. The van der Waals surface area contributed by atoms with Crippen molar-refractivity contribution in [3.05, 3.63) is 101 Å². The van der Waals surface area contributed by atoms with Crippen LogP contribution in [-0.4, -0.2) is 23.9 Å². The Morgan fingerprint density at radius 2 is 1.64 bits per heavy atom. The van der Waals surface area contributed by atoms with Crippen LogP contribution in [0.15, 0.2) is 78.4 Å². The molecule has 5 heteroatoms. The molecule has 4 rings (SSSR count). The molecule has 1 aliphatic rings. The maximum Gasteiger partial charge on any atom is 0.300 e. The summed E-state index contributed by atoms with van der Waals surface area (Å²) in [6.07, 6.45) is 0. The van der Waals surface area contributed by atoms with Crippen molar-refractivity contribution in [1.82, 2.24) is 0 Å². The van der Waals surface area contributed by atoms with E-state index < -0.39 is 17.7 Å². The van der Waals surface area contributed by atoms with Gasteiger partial charge in [-0.05, 0) is 54.3 Å². The zero-order chi connectivity index (χ0) is 23.7. The van der Waals surface area contributed by atoms with Crippen molar-refractivity contribution < 1.29 is 19.4 Å². The number of hydrogen-bond acceptors (Lipinski definition) is 4. The molecule has 0 bridgehead atoms. The number of rotatable bonds is 5. The highest BCUT2D eigenvalue weighted by Crippen LogP contribution is 2.42. The molecule has 1 amide bonds. The van der Waals surface area contributed by atoms with Crippen molar-refractivity contribution in [2.45, 2.75) is 32.7 Å². The van der Waals surface area contributed by atoms with Gasteiger partial charge in [-0.15, -0.1) is 0 Å². The summed E-state index contributed by atoms with van der Waals surface area (Å²) in [4.78, 5) is 27.9. The van der Waals surface area contributed by atoms with Crippen molar-refractivity contribution in [3.63, 3.8) is 0 Å². The summed E-state index contributed by atoms with van der Waals surface area (Å²) in [7, 11) is 1.60. The second kappa shape index (κ2) is 8.94. The van der Waals surface area contributed by atoms with Crippen LogP contribution in [-0.2, 0) is 9.59 Å². The minimum atomic E-state index is -0.737. The van der Waals surface area contributed by atoms with Gasteiger partial charge in [0.05, 0.1) is 18.7 Å². The van der Waals surface area contributed by atoms with Gasteiger partial charge in [0.2, 0.25) is 0 Å². The molecule has 1 N–H and O–H groups in total. The number of aryl methyl sites for hydroxylation is 1. The number of aliphatic hydroxyl groups excluding tert-OH is 1. The third kappa shape index (κ3) is 4.02.